The number of hydrogen-bond acceptors (Lipinski definition) is 3. The quantitative estimate of drug-likeness (QED) is 0.679. The number of ketones is 1. The molecule has 0 aliphatic carbocycles. The van der Waals surface area contributed by atoms with Gasteiger partial charge >= 0.3 is 0 Å². The molecule has 3 aromatic rings. The first kappa shape index (κ1) is 12.4. The van der Waals surface area contributed by atoms with Crippen molar-refractivity contribution in [1.82, 2.24) is 0 Å². The topological polar surface area (TPSA) is 39.4 Å². The number of benzene rings is 2. The summed E-state index contributed by atoms with van der Waals surface area (Å²) in [7, 11) is 1.53. The van der Waals surface area contributed by atoms with Gasteiger partial charge in [-0.15, -0.1) is 0 Å². The lowest BCUT2D eigenvalue weighted by molar-refractivity contribution is 0.101. The molecule has 0 aliphatic heterocycles. The van der Waals surface area contributed by atoms with E-state index in [0.29, 0.717) is 16.7 Å². The van der Waals surface area contributed by atoms with E-state index in [1.165, 1.54) is 13.2 Å². The van der Waals surface area contributed by atoms with Crippen LogP contribution in [0.5, 0.6) is 5.75 Å². The number of halogens is 1. The van der Waals surface area contributed by atoms with E-state index in [0.717, 1.165) is 0 Å². The van der Waals surface area contributed by atoms with E-state index >= 15 is 0 Å². The van der Waals surface area contributed by atoms with Gasteiger partial charge in [-0.3, -0.25) is 4.79 Å². The highest BCUT2D eigenvalue weighted by Crippen LogP contribution is 2.24. The average molecular weight is 270 g/mol. The molecule has 0 radical (unpaired) electrons. The molecule has 0 unspecified atom stereocenters. The lowest BCUT2D eigenvalue weighted by atomic mass is 10.1. The van der Waals surface area contributed by atoms with Crippen LogP contribution >= 0.6 is 0 Å². The summed E-state index contributed by atoms with van der Waals surface area (Å²) in [4.78, 5) is 12.3. The molecule has 0 spiro atoms. The Morgan fingerprint density at radius 3 is 2.70 bits per heavy atom. The van der Waals surface area contributed by atoms with Crippen LogP contribution in [0.25, 0.3) is 11.0 Å². The Kier molecular flexibility index (Phi) is 2.99. The molecule has 3 rings (SSSR count). The van der Waals surface area contributed by atoms with Gasteiger partial charge in [-0.2, -0.15) is 0 Å². The highest BCUT2D eigenvalue weighted by Gasteiger charge is 2.16. The highest BCUT2D eigenvalue weighted by molar-refractivity contribution is 6.09. The van der Waals surface area contributed by atoms with Crippen LogP contribution in [0.4, 0.5) is 4.39 Å². The SMILES string of the molecule is COc1cccc(C(=O)c2cc3cccc(F)c3o2)c1. The predicted molar refractivity (Wildman–Crippen MR) is 72.6 cm³/mol. The second-order valence-electron chi connectivity index (χ2n) is 4.33. The Hall–Kier alpha value is -2.62. The average Bonchev–Trinajstić information content (AvgIpc) is 2.92. The van der Waals surface area contributed by atoms with E-state index in [1.54, 1.807) is 42.5 Å². The first-order valence-corrected chi connectivity index (χ1v) is 6.06. The van der Waals surface area contributed by atoms with Crippen LogP contribution < -0.4 is 4.74 Å². The lowest BCUT2D eigenvalue weighted by Crippen LogP contribution is -1.99. The fourth-order valence-electron chi connectivity index (χ4n) is 2.05. The Labute approximate surface area is 114 Å². The minimum atomic E-state index is -0.479. The molecule has 2 aromatic carbocycles. The van der Waals surface area contributed by atoms with Crippen molar-refractivity contribution in [2.45, 2.75) is 0 Å². The largest absolute Gasteiger partial charge is 0.497 e. The number of furan rings is 1. The summed E-state index contributed by atoms with van der Waals surface area (Å²) >= 11 is 0. The lowest BCUT2D eigenvalue weighted by Gasteiger charge is -2.01. The van der Waals surface area contributed by atoms with Crippen molar-refractivity contribution in [1.29, 1.82) is 0 Å². The van der Waals surface area contributed by atoms with Gasteiger partial charge in [-0.25, -0.2) is 4.39 Å². The van der Waals surface area contributed by atoms with E-state index in [-0.39, 0.29) is 17.1 Å². The van der Waals surface area contributed by atoms with Crippen molar-refractivity contribution in [2.75, 3.05) is 7.11 Å². The zero-order chi connectivity index (χ0) is 14.1. The van der Waals surface area contributed by atoms with Crippen molar-refractivity contribution >= 4 is 16.8 Å². The van der Waals surface area contributed by atoms with Crippen molar-refractivity contribution in [3.05, 3.63) is 65.7 Å². The first-order valence-electron chi connectivity index (χ1n) is 6.06. The van der Waals surface area contributed by atoms with Crippen molar-refractivity contribution < 1.29 is 18.3 Å². The van der Waals surface area contributed by atoms with Gasteiger partial charge in [0.15, 0.2) is 17.2 Å². The van der Waals surface area contributed by atoms with Gasteiger partial charge in [0.1, 0.15) is 5.75 Å². The molecule has 1 heterocycles. The number of hydrogen-bond donors (Lipinski definition) is 0. The molecule has 4 heteroatoms. The minimum absolute atomic E-state index is 0.0961. The molecule has 100 valence electrons. The number of ether oxygens (including phenoxy) is 1. The molecule has 3 nitrogen and oxygen atoms in total. The number of carbonyl (C=O) groups excluding carboxylic acids is 1. The number of rotatable bonds is 3. The first-order chi connectivity index (χ1) is 9.69. The van der Waals surface area contributed by atoms with Gasteiger partial charge in [-0.05, 0) is 24.3 Å². The van der Waals surface area contributed by atoms with E-state index in [9.17, 15) is 9.18 Å². The smallest absolute Gasteiger partial charge is 0.228 e. The van der Waals surface area contributed by atoms with Crippen molar-refractivity contribution in [3.8, 4) is 5.75 Å². The summed E-state index contributed by atoms with van der Waals surface area (Å²) in [5, 5.41) is 0.566. The molecule has 0 bridgehead atoms. The minimum Gasteiger partial charge on any atom is -0.497 e. The maximum absolute atomic E-state index is 13.6. The van der Waals surface area contributed by atoms with Gasteiger partial charge in [0, 0.05) is 10.9 Å². The monoisotopic (exact) mass is 270 g/mol. The van der Waals surface area contributed by atoms with Crippen LogP contribution in [0.15, 0.2) is 52.9 Å². The van der Waals surface area contributed by atoms with Crippen LogP contribution in [0, 0.1) is 5.82 Å². The molecule has 0 saturated carbocycles. The van der Waals surface area contributed by atoms with Gasteiger partial charge < -0.3 is 9.15 Å². The predicted octanol–water partition coefficient (Wildman–Crippen LogP) is 3.81. The Balaban J connectivity index is 2.05. The normalized spacial score (nSPS) is 10.7. The number of carbonyl (C=O) groups is 1. The maximum atomic E-state index is 13.6. The summed E-state index contributed by atoms with van der Waals surface area (Å²) in [6, 6.07) is 12.9. The standard InChI is InChI=1S/C16H11FO3/c1-19-12-6-2-4-10(8-12)15(18)14-9-11-5-3-7-13(17)16(11)20-14/h2-9H,1H3. The molecule has 0 saturated heterocycles. The van der Waals surface area contributed by atoms with Gasteiger partial charge in [0.05, 0.1) is 7.11 Å². The van der Waals surface area contributed by atoms with Crippen LogP contribution in [-0.4, -0.2) is 12.9 Å². The van der Waals surface area contributed by atoms with E-state index < -0.39 is 5.82 Å². The maximum Gasteiger partial charge on any atom is 0.228 e. The third kappa shape index (κ3) is 2.05. The third-order valence-electron chi connectivity index (χ3n) is 3.05. The highest BCUT2D eigenvalue weighted by atomic mass is 19.1. The molecule has 20 heavy (non-hydrogen) atoms. The van der Waals surface area contributed by atoms with Gasteiger partial charge in [0.2, 0.25) is 5.78 Å². The molecular weight excluding hydrogens is 259 g/mol. The molecule has 0 N–H and O–H groups in total. The Bertz CT molecular complexity index is 789. The number of para-hydroxylation sites is 1. The van der Waals surface area contributed by atoms with Crippen LogP contribution in [0.1, 0.15) is 16.1 Å². The fourth-order valence-corrected chi connectivity index (χ4v) is 2.05. The summed E-state index contributed by atoms with van der Waals surface area (Å²) in [6.07, 6.45) is 0. The fraction of sp³-hybridized carbons (Fsp3) is 0.0625. The van der Waals surface area contributed by atoms with Crippen molar-refractivity contribution in [2.24, 2.45) is 0 Å². The van der Waals surface area contributed by atoms with E-state index in [4.69, 9.17) is 9.15 Å². The zero-order valence-corrected chi connectivity index (χ0v) is 10.7. The Morgan fingerprint density at radius 2 is 1.95 bits per heavy atom. The summed E-state index contributed by atoms with van der Waals surface area (Å²) < 4.78 is 24.0. The summed E-state index contributed by atoms with van der Waals surface area (Å²) in [5.74, 6) is -0.0943. The van der Waals surface area contributed by atoms with Gasteiger partial charge in [0.25, 0.3) is 0 Å². The molecular formula is C16H11FO3. The zero-order valence-electron chi connectivity index (χ0n) is 10.7. The third-order valence-corrected chi connectivity index (χ3v) is 3.05. The van der Waals surface area contributed by atoms with Crippen LogP contribution in [0.3, 0.4) is 0 Å². The van der Waals surface area contributed by atoms with Crippen LogP contribution in [0.2, 0.25) is 0 Å². The van der Waals surface area contributed by atoms with Crippen LogP contribution in [-0.2, 0) is 0 Å². The molecule has 0 aliphatic rings. The van der Waals surface area contributed by atoms with Gasteiger partial charge in [-0.1, -0.05) is 24.3 Å². The molecule has 0 fully saturated rings. The molecule has 0 atom stereocenters. The van der Waals surface area contributed by atoms with E-state index in [1.807, 2.05) is 0 Å². The summed E-state index contributed by atoms with van der Waals surface area (Å²) in [5.41, 5.74) is 0.530. The van der Waals surface area contributed by atoms with E-state index in [2.05, 4.69) is 0 Å². The number of methoxy groups -OCH3 is 1. The number of fused-ring (bicyclic) bond motifs is 1. The van der Waals surface area contributed by atoms with Crippen molar-refractivity contribution in [3.63, 3.8) is 0 Å². The molecule has 1 aromatic heterocycles. The summed E-state index contributed by atoms with van der Waals surface area (Å²) in [6.45, 7) is 0. The Morgan fingerprint density at radius 1 is 1.15 bits per heavy atom. The molecule has 0 amide bonds. The second-order valence-corrected chi connectivity index (χ2v) is 4.33. The second kappa shape index (κ2) is 4.81.